The van der Waals surface area contributed by atoms with Gasteiger partial charge in [-0.15, -0.1) is 0 Å². The van der Waals surface area contributed by atoms with Gasteiger partial charge in [-0.2, -0.15) is 0 Å². The van der Waals surface area contributed by atoms with E-state index >= 15 is 0 Å². The molecule has 1 fully saturated rings. The Morgan fingerprint density at radius 1 is 1.27 bits per heavy atom. The third kappa shape index (κ3) is 2.04. The minimum Gasteiger partial charge on any atom is -0.0840 e. The van der Waals surface area contributed by atoms with Gasteiger partial charge in [0.2, 0.25) is 0 Å². The number of hydrogen-bond acceptors (Lipinski definition) is 0. The van der Waals surface area contributed by atoms with Crippen LogP contribution in [0.3, 0.4) is 0 Å². The molecule has 0 radical (unpaired) electrons. The SMILES string of the molecule is CC1CC(C)C1(C)CCC1=CCCC=C1. The molecule has 0 bridgehead atoms. The van der Waals surface area contributed by atoms with E-state index in [1.165, 1.54) is 32.1 Å². The second-order valence-electron chi connectivity index (χ2n) is 5.80. The molecule has 0 aromatic rings. The molecule has 0 heterocycles. The van der Waals surface area contributed by atoms with Crippen LogP contribution in [0.5, 0.6) is 0 Å². The molecule has 0 spiro atoms. The van der Waals surface area contributed by atoms with Gasteiger partial charge in [0.15, 0.2) is 0 Å². The zero-order valence-electron chi connectivity index (χ0n) is 10.4. The van der Waals surface area contributed by atoms with Crippen molar-refractivity contribution in [3.63, 3.8) is 0 Å². The van der Waals surface area contributed by atoms with E-state index in [-0.39, 0.29) is 0 Å². The number of hydrogen-bond donors (Lipinski definition) is 0. The Morgan fingerprint density at radius 3 is 2.53 bits per heavy atom. The zero-order valence-corrected chi connectivity index (χ0v) is 10.4. The highest BCUT2D eigenvalue weighted by Crippen LogP contribution is 2.54. The van der Waals surface area contributed by atoms with Crippen LogP contribution in [0.1, 0.15) is 52.9 Å². The van der Waals surface area contributed by atoms with Crippen molar-refractivity contribution in [3.05, 3.63) is 23.8 Å². The summed E-state index contributed by atoms with van der Waals surface area (Å²) < 4.78 is 0. The molecular formula is C15H24. The van der Waals surface area contributed by atoms with Crippen molar-refractivity contribution >= 4 is 0 Å². The number of allylic oxidation sites excluding steroid dienone is 4. The molecule has 0 saturated heterocycles. The van der Waals surface area contributed by atoms with Crippen molar-refractivity contribution in [1.29, 1.82) is 0 Å². The first-order chi connectivity index (χ1) is 7.13. The van der Waals surface area contributed by atoms with Gasteiger partial charge >= 0.3 is 0 Å². The van der Waals surface area contributed by atoms with E-state index in [0.717, 1.165) is 11.8 Å². The summed E-state index contributed by atoms with van der Waals surface area (Å²) in [5, 5.41) is 0. The molecule has 0 amide bonds. The van der Waals surface area contributed by atoms with Crippen LogP contribution in [0.25, 0.3) is 0 Å². The van der Waals surface area contributed by atoms with Gasteiger partial charge in [-0.1, -0.05) is 44.6 Å². The molecule has 0 aromatic carbocycles. The Bertz CT molecular complexity index is 274. The van der Waals surface area contributed by atoms with Gasteiger partial charge in [-0.3, -0.25) is 0 Å². The summed E-state index contributed by atoms with van der Waals surface area (Å²) in [6, 6.07) is 0. The Balaban J connectivity index is 1.87. The first-order valence-electron chi connectivity index (χ1n) is 6.48. The van der Waals surface area contributed by atoms with Crippen molar-refractivity contribution in [1.82, 2.24) is 0 Å². The lowest BCUT2D eigenvalue weighted by Gasteiger charge is -2.52. The van der Waals surface area contributed by atoms with Crippen LogP contribution in [0, 0.1) is 17.3 Å². The van der Waals surface area contributed by atoms with Crippen LogP contribution >= 0.6 is 0 Å². The average molecular weight is 204 g/mol. The van der Waals surface area contributed by atoms with Crippen LogP contribution in [0.4, 0.5) is 0 Å². The van der Waals surface area contributed by atoms with E-state index in [9.17, 15) is 0 Å². The second-order valence-corrected chi connectivity index (χ2v) is 5.80. The van der Waals surface area contributed by atoms with Crippen molar-refractivity contribution in [2.24, 2.45) is 17.3 Å². The molecule has 84 valence electrons. The van der Waals surface area contributed by atoms with E-state index in [2.05, 4.69) is 39.0 Å². The molecule has 2 rings (SSSR count). The predicted octanol–water partition coefficient (Wildman–Crippen LogP) is 4.73. The molecule has 0 N–H and O–H groups in total. The van der Waals surface area contributed by atoms with Gasteiger partial charge < -0.3 is 0 Å². The Kier molecular flexibility index (Phi) is 3.04. The van der Waals surface area contributed by atoms with E-state index in [1.54, 1.807) is 5.57 Å². The predicted molar refractivity (Wildman–Crippen MR) is 66.7 cm³/mol. The van der Waals surface area contributed by atoms with Crippen LogP contribution in [0.2, 0.25) is 0 Å². The highest BCUT2D eigenvalue weighted by Gasteiger charge is 2.45. The number of rotatable bonds is 3. The largest absolute Gasteiger partial charge is 0.0840 e. The fourth-order valence-corrected chi connectivity index (χ4v) is 3.15. The Hall–Kier alpha value is -0.520. The summed E-state index contributed by atoms with van der Waals surface area (Å²) in [5.41, 5.74) is 2.19. The molecule has 2 aliphatic carbocycles. The first kappa shape index (κ1) is 11.0. The molecule has 2 unspecified atom stereocenters. The summed E-state index contributed by atoms with van der Waals surface area (Å²) in [5.74, 6) is 1.86. The van der Waals surface area contributed by atoms with E-state index < -0.39 is 0 Å². The molecule has 0 heteroatoms. The molecule has 2 aliphatic rings. The third-order valence-electron chi connectivity index (χ3n) is 4.98. The lowest BCUT2D eigenvalue weighted by atomic mass is 9.53. The fourth-order valence-electron chi connectivity index (χ4n) is 3.15. The Morgan fingerprint density at radius 2 is 2.00 bits per heavy atom. The quantitative estimate of drug-likeness (QED) is 0.623. The minimum atomic E-state index is 0.617. The van der Waals surface area contributed by atoms with Crippen LogP contribution < -0.4 is 0 Å². The van der Waals surface area contributed by atoms with Gasteiger partial charge in [-0.05, 0) is 49.4 Å². The molecule has 0 aliphatic heterocycles. The van der Waals surface area contributed by atoms with Gasteiger partial charge in [0.25, 0.3) is 0 Å². The van der Waals surface area contributed by atoms with Gasteiger partial charge in [0.1, 0.15) is 0 Å². The first-order valence-corrected chi connectivity index (χ1v) is 6.48. The van der Waals surface area contributed by atoms with Crippen molar-refractivity contribution in [2.45, 2.75) is 52.9 Å². The topological polar surface area (TPSA) is 0 Å². The van der Waals surface area contributed by atoms with E-state index in [4.69, 9.17) is 0 Å². The van der Waals surface area contributed by atoms with Gasteiger partial charge in [-0.25, -0.2) is 0 Å². The summed E-state index contributed by atoms with van der Waals surface area (Å²) in [4.78, 5) is 0. The highest BCUT2D eigenvalue weighted by atomic mass is 14.5. The normalized spacial score (nSPS) is 39.8. The highest BCUT2D eigenvalue weighted by molar-refractivity contribution is 5.22. The van der Waals surface area contributed by atoms with E-state index in [0.29, 0.717) is 5.41 Å². The maximum Gasteiger partial charge on any atom is -0.0271 e. The summed E-state index contributed by atoms with van der Waals surface area (Å²) in [7, 11) is 0. The smallest absolute Gasteiger partial charge is 0.0271 e. The minimum absolute atomic E-state index is 0.617. The van der Waals surface area contributed by atoms with Crippen LogP contribution in [-0.4, -0.2) is 0 Å². The lowest BCUT2D eigenvalue weighted by Crippen LogP contribution is -2.43. The lowest BCUT2D eigenvalue weighted by molar-refractivity contribution is -0.0214. The summed E-state index contributed by atoms with van der Waals surface area (Å²) >= 11 is 0. The molecule has 0 nitrogen and oxygen atoms in total. The molecule has 2 atom stereocenters. The van der Waals surface area contributed by atoms with Crippen molar-refractivity contribution in [2.75, 3.05) is 0 Å². The van der Waals surface area contributed by atoms with Crippen molar-refractivity contribution < 1.29 is 0 Å². The third-order valence-corrected chi connectivity index (χ3v) is 4.98. The molecule has 15 heavy (non-hydrogen) atoms. The van der Waals surface area contributed by atoms with Crippen LogP contribution in [-0.2, 0) is 0 Å². The molecular weight excluding hydrogens is 180 g/mol. The van der Waals surface area contributed by atoms with Crippen molar-refractivity contribution in [3.8, 4) is 0 Å². The van der Waals surface area contributed by atoms with Gasteiger partial charge in [0, 0.05) is 0 Å². The fraction of sp³-hybridized carbons (Fsp3) is 0.733. The standard InChI is InChI=1S/C15H24/c1-12-11-13(2)15(12,3)10-9-14-7-5-4-6-8-14/h5,7-8,12-13H,4,6,9-11H2,1-3H3. The maximum absolute atomic E-state index is 2.49. The van der Waals surface area contributed by atoms with E-state index in [1.807, 2.05) is 0 Å². The summed E-state index contributed by atoms with van der Waals surface area (Å²) in [6.45, 7) is 7.33. The molecule has 0 aromatic heterocycles. The second kappa shape index (κ2) is 4.15. The summed E-state index contributed by atoms with van der Waals surface area (Å²) in [6.07, 6.45) is 13.7. The monoisotopic (exact) mass is 204 g/mol. The molecule has 1 saturated carbocycles. The maximum atomic E-state index is 2.49. The van der Waals surface area contributed by atoms with Gasteiger partial charge in [0.05, 0.1) is 0 Å². The average Bonchev–Trinajstić information content (AvgIpc) is 2.27. The zero-order chi connectivity index (χ0) is 10.9. The van der Waals surface area contributed by atoms with Crippen LogP contribution in [0.15, 0.2) is 23.8 Å². The Labute approximate surface area is 94.5 Å².